The van der Waals surface area contributed by atoms with Crippen molar-refractivity contribution in [3.63, 3.8) is 0 Å². The average Bonchev–Trinajstić information content (AvgIpc) is 2.75. The number of rotatable bonds is 7. The lowest BCUT2D eigenvalue weighted by Gasteiger charge is -2.20. The Morgan fingerprint density at radius 2 is 1.70 bits per heavy atom. The normalized spacial score (nSPS) is 22.4. The van der Waals surface area contributed by atoms with Crippen LogP contribution in [0.3, 0.4) is 0 Å². The first-order valence-corrected chi connectivity index (χ1v) is 11.5. The molecule has 5 heteroatoms. The van der Waals surface area contributed by atoms with Crippen LogP contribution in [0.15, 0.2) is 30.3 Å². The maximum absolute atomic E-state index is 12.4. The number of cyclic esters (lactones) is 1. The summed E-state index contributed by atoms with van der Waals surface area (Å²) >= 11 is 0. The zero-order valence-electron chi connectivity index (χ0n) is 18.3. The van der Waals surface area contributed by atoms with E-state index in [1.807, 2.05) is 30.3 Å². The van der Waals surface area contributed by atoms with Crippen LogP contribution in [0.25, 0.3) is 0 Å². The van der Waals surface area contributed by atoms with Crippen LogP contribution in [0, 0.1) is 0 Å². The van der Waals surface area contributed by atoms with E-state index in [0.29, 0.717) is 6.61 Å². The maximum atomic E-state index is 12.4. The van der Waals surface area contributed by atoms with Crippen LogP contribution in [0.2, 0.25) is 0 Å². The predicted molar refractivity (Wildman–Crippen MR) is 116 cm³/mol. The average molecular weight is 417 g/mol. The molecule has 1 saturated heterocycles. The fraction of sp³-hybridized carbons (Fsp3) is 0.640. The van der Waals surface area contributed by atoms with E-state index in [9.17, 15) is 14.4 Å². The molecule has 1 heterocycles. The Kier molecular flexibility index (Phi) is 11.4. The van der Waals surface area contributed by atoms with Crippen molar-refractivity contribution in [2.24, 2.45) is 0 Å². The molecule has 5 nitrogen and oxygen atoms in total. The fourth-order valence-corrected chi connectivity index (χ4v) is 3.76. The highest BCUT2D eigenvalue weighted by Crippen LogP contribution is 2.19. The van der Waals surface area contributed by atoms with Gasteiger partial charge in [-0.1, -0.05) is 62.9 Å². The molecule has 1 aliphatic rings. The summed E-state index contributed by atoms with van der Waals surface area (Å²) in [7, 11) is 0. The molecule has 0 saturated carbocycles. The van der Waals surface area contributed by atoms with Gasteiger partial charge in [0, 0.05) is 12.8 Å². The third-order valence-electron chi connectivity index (χ3n) is 5.59. The van der Waals surface area contributed by atoms with Crippen molar-refractivity contribution >= 4 is 17.5 Å². The molecule has 0 aromatic heterocycles. The van der Waals surface area contributed by atoms with Crippen LogP contribution in [-0.2, 0) is 30.5 Å². The third kappa shape index (κ3) is 9.66. The van der Waals surface area contributed by atoms with Crippen LogP contribution in [0.4, 0.5) is 0 Å². The van der Waals surface area contributed by atoms with Crippen LogP contribution in [-0.4, -0.2) is 29.7 Å². The molecule has 1 aliphatic heterocycles. The van der Waals surface area contributed by atoms with Gasteiger partial charge in [0.05, 0.1) is 19.1 Å². The number of hydrogen-bond donors (Lipinski definition) is 0. The van der Waals surface area contributed by atoms with Crippen LogP contribution >= 0.6 is 0 Å². The van der Waals surface area contributed by atoms with E-state index in [1.165, 1.54) is 0 Å². The van der Waals surface area contributed by atoms with Gasteiger partial charge in [0.25, 0.3) is 0 Å². The Balaban J connectivity index is 1.93. The minimum Gasteiger partial charge on any atom is -0.462 e. The number of benzene rings is 1. The van der Waals surface area contributed by atoms with Gasteiger partial charge in [0.2, 0.25) is 5.78 Å². The number of unbranched alkanes of at least 4 members (excludes halogenated alkanes) is 2. The first-order chi connectivity index (χ1) is 14.6. The maximum Gasteiger partial charge on any atom is 0.306 e. The number of Topliss-reactive ketones (excluding diaryl/α,β-unsaturated/α-hetero) is 2. The summed E-state index contributed by atoms with van der Waals surface area (Å²) in [5, 5.41) is 0. The van der Waals surface area contributed by atoms with Crippen molar-refractivity contribution < 1.29 is 23.9 Å². The van der Waals surface area contributed by atoms with E-state index in [-0.39, 0.29) is 37.4 Å². The lowest BCUT2D eigenvalue weighted by molar-refractivity contribution is -0.151. The van der Waals surface area contributed by atoms with E-state index in [2.05, 4.69) is 6.92 Å². The Bertz CT molecular complexity index is 655. The van der Waals surface area contributed by atoms with Gasteiger partial charge in [-0.15, -0.1) is 0 Å². The van der Waals surface area contributed by atoms with E-state index >= 15 is 0 Å². The first-order valence-electron chi connectivity index (χ1n) is 11.5. The lowest BCUT2D eigenvalue weighted by Crippen LogP contribution is -2.25. The zero-order chi connectivity index (χ0) is 21.6. The molecule has 1 aromatic rings. The molecular weight excluding hydrogens is 380 g/mol. The molecule has 0 spiro atoms. The molecule has 1 aromatic carbocycles. The minimum absolute atomic E-state index is 0.0234. The van der Waals surface area contributed by atoms with Crippen molar-refractivity contribution in [2.45, 2.75) is 103 Å². The van der Waals surface area contributed by atoms with Crippen molar-refractivity contribution in [1.29, 1.82) is 0 Å². The summed E-state index contributed by atoms with van der Waals surface area (Å²) in [6.45, 7) is 2.58. The predicted octanol–water partition coefficient (Wildman–Crippen LogP) is 5.34. The molecule has 1 fully saturated rings. The number of esters is 1. The largest absolute Gasteiger partial charge is 0.462 e. The van der Waals surface area contributed by atoms with Gasteiger partial charge in [-0.25, -0.2) is 0 Å². The van der Waals surface area contributed by atoms with Gasteiger partial charge in [-0.05, 0) is 37.7 Å². The fourth-order valence-electron chi connectivity index (χ4n) is 3.76. The second-order valence-corrected chi connectivity index (χ2v) is 8.21. The van der Waals surface area contributed by atoms with E-state index in [1.54, 1.807) is 0 Å². The highest BCUT2D eigenvalue weighted by Gasteiger charge is 2.23. The van der Waals surface area contributed by atoms with Gasteiger partial charge in [-0.3, -0.25) is 14.4 Å². The van der Waals surface area contributed by atoms with Gasteiger partial charge in [0.1, 0.15) is 6.10 Å². The highest BCUT2D eigenvalue weighted by molar-refractivity contribution is 6.37. The molecule has 2 rings (SSSR count). The molecule has 0 aliphatic carbocycles. The first kappa shape index (κ1) is 24.3. The van der Waals surface area contributed by atoms with Crippen LogP contribution in [0.1, 0.15) is 89.5 Å². The molecule has 166 valence electrons. The Labute approximate surface area is 180 Å². The van der Waals surface area contributed by atoms with E-state index < -0.39 is 11.6 Å². The summed E-state index contributed by atoms with van der Waals surface area (Å²) in [4.78, 5) is 36.8. The van der Waals surface area contributed by atoms with Crippen molar-refractivity contribution in [3.8, 4) is 0 Å². The number of ketones is 2. The summed E-state index contributed by atoms with van der Waals surface area (Å²) in [6.07, 6.45) is 8.33. The number of carbonyl (C=O) groups is 3. The molecule has 0 unspecified atom stereocenters. The molecule has 0 N–H and O–H groups in total. The summed E-state index contributed by atoms with van der Waals surface area (Å²) in [5.74, 6) is -1.32. The smallest absolute Gasteiger partial charge is 0.306 e. The third-order valence-corrected chi connectivity index (χ3v) is 5.59. The zero-order valence-corrected chi connectivity index (χ0v) is 18.3. The van der Waals surface area contributed by atoms with E-state index in [0.717, 1.165) is 63.4 Å². The molecule has 2 atom stereocenters. The van der Waals surface area contributed by atoms with Crippen molar-refractivity contribution in [2.75, 3.05) is 0 Å². The number of ether oxygens (including phenoxy) is 2. The second kappa shape index (κ2) is 14.1. The number of carbonyl (C=O) groups excluding carboxylic acids is 3. The summed E-state index contributed by atoms with van der Waals surface area (Å²) in [6, 6.07) is 9.84. The standard InChI is InChI=1S/C25H36O5/c1-2-3-6-13-21-14-9-5-10-15-22(29-19-20-11-7-4-8-12-20)18-24(27)23(26)16-17-25(28)30-21/h4,7-8,11-12,21-22H,2-3,5-6,9-10,13-19H2,1H3/t21-,22-/m1/s1. The van der Waals surface area contributed by atoms with Gasteiger partial charge < -0.3 is 9.47 Å². The quantitative estimate of drug-likeness (QED) is 0.341. The minimum atomic E-state index is -0.500. The number of hydrogen-bond acceptors (Lipinski definition) is 5. The van der Waals surface area contributed by atoms with Gasteiger partial charge in [-0.2, -0.15) is 0 Å². The summed E-state index contributed by atoms with van der Waals surface area (Å²) < 4.78 is 11.6. The van der Waals surface area contributed by atoms with Gasteiger partial charge in [0.15, 0.2) is 5.78 Å². The summed E-state index contributed by atoms with van der Waals surface area (Å²) in [5.41, 5.74) is 1.05. The molecule has 0 amide bonds. The Morgan fingerprint density at radius 1 is 0.933 bits per heavy atom. The highest BCUT2D eigenvalue weighted by atomic mass is 16.5. The van der Waals surface area contributed by atoms with Crippen LogP contribution in [0.5, 0.6) is 0 Å². The van der Waals surface area contributed by atoms with Crippen LogP contribution < -0.4 is 0 Å². The van der Waals surface area contributed by atoms with Gasteiger partial charge >= 0.3 is 5.97 Å². The molecule has 0 radical (unpaired) electrons. The van der Waals surface area contributed by atoms with E-state index in [4.69, 9.17) is 9.47 Å². The Morgan fingerprint density at radius 3 is 2.47 bits per heavy atom. The van der Waals surface area contributed by atoms with Crippen molar-refractivity contribution in [1.82, 2.24) is 0 Å². The lowest BCUT2D eigenvalue weighted by atomic mass is 9.99. The van der Waals surface area contributed by atoms with Crippen molar-refractivity contribution in [3.05, 3.63) is 35.9 Å². The topological polar surface area (TPSA) is 69.7 Å². The molecule has 30 heavy (non-hydrogen) atoms. The molecule has 0 bridgehead atoms. The second-order valence-electron chi connectivity index (χ2n) is 8.21. The monoisotopic (exact) mass is 416 g/mol. The SMILES string of the molecule is CCCCC[C@@H]1CCCCC[C@@H](OCc2ccccc2)CC(=O)C(=O)CCC(=O)O1. The Hall–Kier alpha value is -2.01. The molecular formula is C25H36O5.